The quantitative estimate of drug-likeness (QED) is 0.781. The van der Waals surface area contributed by atoms with E-state index in [9.17, 15) is 4.79 Å². The Hall–Kier alpha value is -1.55. The summed E-state index contributed by atoms with van der Waals surface area (Å²) < 4.78 is 10.6. The van der Waals surface area contributed by atoms with Crippen LogP contribution >= 0.6 is 0 Å². The van der Waals surface area contributed by atoms with Crippen molar-refractivity contribution in [2.45, 2.75) is 57.8 Å². The Bertz CT molecular complexity index is 518. The van der Waals surface area contributed by atoms with Crippen LogP contribution in [0.3, 0.4) is 0 Å². The molecule has 1 saturated carbocycles. The van der Waals surface area contributed by atoms with Gasteiger partial charge in [0, 0.05) is 6.42 Å². The fourth-order valence-electron chi connectivity index (χ4n) is 3.50. The van der Waals surface area contributed by atoms with E-state index in [0.717, 1.165) is 16.9 Å². The van der Waals surface area contributed by atoms with Crippen LogP contribution in [0.2, 0.25) is 0 Å². The van der Waals surface area contributed by atoms with Crippen LogP contribution in [0.1, 0.15) is 61.1 Å². The van der Waals surface area contributed by atoms with Crippen LogP contribution < -0.4 is 4.74 Å². The van der Waals surface area contributed by atoms with Crippen LogP contribution in [0.15, 0.2) is 12.1 Å². The highest BCUT2D eigenvalue weighted by atomic mass is 16.5. The first-order valence-electron chi connectivity index (χ1n) is 8.59. The highest BCUT2D eigenvalue weighted by Gasteiger charge is 2.21. The highest BCUT2D eigenvalue weighted by Crippen LogP contribution is 2.39. The van der Waals surface area contributed by atoms with Gasteiger partial charge in [0.05, 0.1) is 13.7 Å². The summed E-state index contributed by atoms with van der Waals surface area (Å²) in [6.07, 6.45) is 7.34. The zero-order valence-corrected chi connectivity index (χ0v) is 14.3. The zero-order chi connectivity index (χ0) is 16.7. The first kappa shape index (κ1) is 17.8. The number of hydrogen-bond acceptors (Lipinski definition) is 4. The third kappa shape index (κ3) is 4.96. The lowest BCUT2D eigenvalue weighted by molar-refractivity contribution is -0.144. The molecule has 0 spiro atoms. The molecule has 0 bridgehead atoms. The Kier molecular flexibility index (Phi) is 6.90. The van der Waals surface area contributed by atoms with Crippen LogP contribution in [0.4, 0.5) is 0 Å². The molecular weight excluding hydrogens is 292 g/mol. The van der Waals surface area contributed by atoms with Gasteiger partial charge in [0.15, 0.2) is 0 Å². The topological polar surface area (TPSA) is 55.8 Å². The van der Waals surface area contributed by atoms with Crippen molar-refractivity contribution in [1.29, 1.82) is 0 Å². The molecule has 4 nitrogen and oxygen atoms in total. The molecule has 1 aliphatic rings. The maximum absolute atomic E-state index is 11.6. The number of esters is 1. The number of aliphatic hydroxyl groups excluding tert-OH is 1. The Morgan fingerprint density at radius 3 is 2.65 bits per heavy atom. The summed E-state index contributed by atoms with van der Waals surface area (Å²) >= 11 is 0. The van der Waals surface area contributed by atoms with Crippen LogP contribution in [-0.4, -0.2) is 31.4 Å². The van der Waals surface area contributed by atoms with E-state index in [-0.39, 0.29) is 19.2 Å². The van der Waals surface area contributed by atoms with Gasteiger partial charge in [-0.05, 0) is 48.8 Å². The third-order valence-corrected chi connectivity index (χ3v) is 4.58. The van der Waals surface area contributed by atoms with Crippen molar-refractivity contribution in [3.8, 4) is 5.75 Å². The number of methoxy groups -OCH3 is 1. The monoisotopic (exact) mass is 320 g/mol. The second kappa shape index (κ2) is 8.92. The number of hydrogen-bond donors (Lipinski definition) is 1. The molecule has 1 aromatic carbocycles. The number of aryl methyl sites for hydroxylation is 2. The first-order chi connectivity index (χ1) is 11.2. The molecule has 0 amide bonds. The summed E-state index contributed by atoms with van der Waals surface area (Å²) in [6, 6.07) is 4.31. The lowest BCUT2D eigenvalue weighted by Crippen LogP contribution is -2.10. The molecule has 1 fully saturated rings. The summed E-state index contributed by atoms with van der Waals surface area (Å²) in [5.74, 6) is 1.31. The molecule has 0 saturated heterocycles. The van der Waals surface area contributed by atoms with Crippen LogP contribution in [0.25, 0.3) is 0 Å². The Balaban J connectivity index is 2.11. The minimum absolute atomic E-state index is 0.0772. The van der Waals surface area contributed by atoms with E-state index in [1.807, 2.05) is 0 Å². The molecule has 128 valence electrons. The number of ether oxygens (including phenoxy) is 2. The lowest BCUT2D eigenvalue weighted by atomic mass is 9.82. The van der Waals surface area contributed by atoms with Crippen molar-refractivity contribution in [1.82, 2.24) is 0 Å². The largest absolute Gasteiger partial charge is 0.496 e. The predicted molar refractivity (Wildman–Crippen MR) is 89.9 cm³/mol. The fourth-order valence-corrected chi connectivity index (χ4v) is 3.50. The fraction of sp³-hybridized carbons (Fsp3) is 0.632. The molecule has 1 N–H and O–H groups in total. The molecule has 1 aromatic rings. The summed E-state index contributed by atoms with van der Waals surface area (Å²) in [6.45, 7) is 2.02. The van der Waals surface area contributed by atoms with Gasteiger partial charge in [-0.15, -0.1) is 0 Å². The lowest BCUT2D eigenvalue weighted by Gasteiger charge is -2.25. The van der Waals surface area contributed by atoms with E-state index in [1.165, 1.54) is 37.7 Å². The van der Waals surface area contributed by atoms with E-state index in [0.29, 0.717) is 18.8 Å². The minimum atomic E-state index is -0.258. The average Bonchev–Trinajstić information content (AvgIpc) is 2.58. The molecule has 1 aliphatic carbocycles. The van der Waals surface area contributed by atoms with Crippen molar-refractivity contribution in [3.63, 3.8) is 0 Å². The predicted octanol–water partition coefficient (Wildman–Crippen LogP) is 3.52. The smallest absolute Gasteiger partial charge is 0.306 e. The number of carbonyl (C=O) groups is 1. The van der Waals surface area contributed by atoms with Gasteiger partial charge >= 0.3 is 5.97 Å². The molecule has 2 rings (SSSR count). The van der Waals surface area contributed by atoms with Gasteiger partial charge in [-0.1, -0.05) is 31.4 Å². The van der Waals surface area contributed by atoms with Gasteiger partial charge in [-0.3, -0.25) is 4.79 Å². The standard InChI is InChI=1S/C19H28O4/c1-14-12-15(8-9-18(21)23-11-10-20)13-17(19(14)22-2)16-6-4-3-5-7-16/h12-13,16,20H,3-11H2,1-2H3. The van der Waals surface area contributed by atoms with Crippen molar-refractivity contribution >= 4 is 5.97 Å². The number of benzene rings is 1. The van der Waals surface area contributed by atoms with Gasteiger partial charge in [0.2, 0.25) is 0 Å². The second-order valence-corrected chi connectivity index (χ2v) is 6.31. The van der Waals surface area contributed by atoms with Crippen LogP contribution in [0, 0.1) is 6.92 Å². The van der Waals surface area contributed by atoms with Crippen molar-refractivity contribution < 1.29 is 19.4 Å². The molecule has 0 aliphatic heterocycles. The highest BCUT2D eigenvalue weighted by molar-refractivity contribution is 5.69. The number of carbonyl (C=O) groups excluding carboxylic acids is 1. The first-order valence-corrected chi connectivity index (χ1v) is 8.59. The van der Waals surface area contributed by atoms with Crippen molar-refractivity contribution in [2.75, 3.05) is 20.3 Å². The maximum Gasteiger partial charge on any atom is 0.306 e. The Morgan fingerprint density at radius 1 is 1.26 bits per heavy atom. The van der Waals surface area contributed by atoms with Gasteiger partial charge in [0.25, 0.3) is 0 Å². The summed E-state index contributed by atoms with van der Waals surface area (Å²) in [4.78, 5) is 11.6. The van der Waals surface area contributed by atoms with Gasteiger partial charge in [-0.2, -0.15) is 0 Å². The molecule has 0 aromatic heterocycles. The molecule has 23 heavy (non-hydrogen) atoms. The third-order valence-electron chi connectivity index (χ3n) is 4.58. The SMILES string of the molecule is COc1c(C)cc(CCC(=O)OCCO)cc1C1CCCCC1. The molecular formula is C19H28O4. The number of aliphatic hydroxyl groups is 1. The van der Waals surface area contributed by atoms with Gasteiger partial charge < -0.3 is 14.6 Å². The zero-order valence-electron chi connectivity index (χ0n) is 14.3. The normalized spacial score (nSPS) is 15.4. The Morgan fingerprint density at radius 2 is 2.00 bits per heavy atom. The van der Waals surface area contributed by atoms with Gasteiger partial charge in [-0.25, -0.2) is 0 Å². The minimum Gasteiger partial charge on any atom is -0.496 e. The Labute approximate surface area is 138 Å². The van der Waals surface area contributed by atoms with E-state index in [2.05, 4.69) is 19.1 Å². The van der Waals surface area contributed by atoms with Crippen LogP contribution in [0.5, 0.6) is 5.75 Å². The molecule has 0 unspecified atom stereocenters. The number of rotatable bonds is 7. The van der Waals surface area contributed by atoms with Gasteiger partial charge in [0.1, 0.15) is 12.4 Å². The molecule has 0 heterocycles. The van der Waals surface area contributed by atoms with E-state index < -0.39 is 0 Å². The van der Waals surface area contributed by atoms with E-state index >= 15 is 0 Å². The van der Waals surface area contributed by atoms with Crippen LogP contribution in [-0.2, 0) is 16.0 Å². The summed E-state index contributed by atoms with van der Waals surface area (Å²) in [5.41, 5.74) is 3.59. The summed E-state index contributed by atoms with van der Waals surface area (Å²) in [7, 11) is 1.74. The summed E-state index contributed by atoms with van der Waals surface area (Å²) in [5, 5.41) is 8.68. The van der Waals surface area contributed by atoms with E-state index in [4.69, 9.17) is 14.6 Å². The average molecular weight is 320 g/mol. The molecule has 4 heteroatoms. The maximum atomic E-state index is 11.6. The van der Waals surface area contributed by atoms with Crippen molar-refractivity contribution in [3.05, 3.63) is 28.8 Å². The molecule has 0 atom stereocenters. The molecule has 0 radical (unpaired) electrons. The van der Waals surface area contributed by atoms with E-state index in [1.54, 1.807) is 7.11 Å². The second-order valence-electron chi connectivity index (χ2n) is 6.31. The van der Waals surface area contributed by atoms with Crippen molar-refractivity contribution in [2.24, 2.45) is 0 Å².